The van der Waals surface area contributed by atoms with Gasteiger partial charge in [-0.3, -0.25) is 14.6 Å². The van der Waals surface area contributed by atoms with Gasteiger partial charge in [-0.1, -0.05) is 24.4 Å². The summed E-state index contributed by atoms with van der Waals surface area (Å²) in [6.07, 6.45) is 8.30. The number of carbonyl (C=O) groups is 1. The van der Waals surface area contributed by atoms with Crippen molar-refractivity contribution in [2.75, 3.05) is 5.32 Å². The Balaban J connectivity index is 1.60. The van der Waals surface area contributed by atoms with Crippen LogP contribution in [0.1, 0.15) is 37.8 Å². The minimum atomic E-state index is -0.157. The van der Waals surface area contributed by atoms with Gasteiger partial charge in [0.15, 0.2) is 11.5 Å². The van der Waals surface area contributed by atoms with Crippen molar-refractivity contribution in [2.24, 2.45) is 13.0 Å². The van der Waals surface area contributed by atoms with Crippen molar-refractivity contribution < 1.29 is 4.79 Å². The number of fused-ring (bicyclic) bond motifs is 1. The summed E-state index contributed by atoms with van der Waals surface area (Å²) in [6, 6.07) is 7.50. The van der Waals surface area contributed by atoms with Gasteiger partial charge in [0, 0.05) is 30.6 Å². The van der Waals surface area contributed by atoms with Crippen molar-refractivity contribution in [3.8, 4) is 28.7 Å². The van der Waals surface area contributed by atoms with Gasteiger partial charge in [-0.15, -0.1) is 0 Å². The van der Waals surface area contributed by atoms with E-state index in [-0.39, 0.29) is 17.4 Å². The van der Waals surface area contributed by atoms with Crippen LogP contribution in [-0.4, -0.2) is 35.9 Å². The van der Waals surface area contributed by atoms with Crippen LogP contribution < -0.4 is 5.32 Å². The molecule has 0 atom stereocenters. The smallest absolute Gasteiger partial charge is 0.225 e. The Labute approximate surface area is 194 Å². The number of nitrogens with zero attached hydrogens (tertiary/aromatic N) is 6. The molecular weight excluding hydrogens is 440 g/mol. The van der Waals surface area contributed by atoms with Gasteiger partial charge in [0.1, 0.15) is 23.2 Å². The number of anilines is 1. The summed E-state index contributed by atoms with van der Waals surface area (Å²) in [4.78, 5) is 21.9. The van der Waals surface area contributed by atoms with Crippen LogP contribution in [0.5, 0.6) is 0 Å². The summed E-state index contributed by atoms with van der Waals surface area (Å²) in [6.45, 7) is 0. The molecule has 0 unspecified atom stereocenters. The Hall–Kier alpha value is -3.77. The molecule has 9 nitrogen and oxygen atoms in total. The van der Waals surface area contributed by atoms with Crippen molar-refractivity contribution >= 4 is 34.2 Å². The van der Waals surface area contributed by atoms with Gasteiger partial charge in [0.2, 0.25) is 5.91 Å². The fourth-order valence-corrected chi connectivity index (χ4v) is 4.60. The number of carbonyl (C=O) groups excluding carboxylic acids is 1. The number of amides is 1. The molecule has 1 aliphatic rings. The highest BCUT2D eigenvalue weighted by molar-refractivity contribution is 6.35. The second-order valence-corrected chi connectivity index (χ2v) is 8.71. The maximum Gasteiger partial charge on any atom is 0.225 e. The summed E-state index contributed by atoms with van der Waals surface area (Å²) in [5.74, 6) is 0.359. The molecule has 3 heterocycles. The third kappa shape index (κ3) is 4.17. The van der Waals surface area contributed by atoms with Crippen LogP contribution in [0.25, 0.3) is 33.5 Å². The van der Waals surface area contributed by atoms with Crippen molar-refractivity contribution in [2.45, 2.75) is 32.1 Å². The zero-order valence-corrected chi connectivity index (χ0v) is 18.7. The molecule has 4 aromatic rings. The molecule has 1 fully saturated rings. The number of halogens is 1. The number of aryl methyl sites for hydroxylation is 1. The molecule has 166 valence electrons. The van der Waals surface area contributed by atoms with Gasteiger partial charge in [-0.05, 0) is 37.0 Å². The molecule has 3 aromatic heterocycles. The van der Waals surface area contributed by atoms with E-state index in [9.17, 15) is 10.1 Å². The average molecular weight is 461 g/mol. The summed E-state index contributed by atoms with van der Waals surface area (Å²) in [7, 11) is 1.80. The highest BCUT2D eigenvalue weighted by Gasteiger charge is 2.23. The lowest BCUT2D eigenvalue weighted by Gasteiger charge is -2.13. The first kappa shape index (κ1) is 21.1. The first-order valence-corrected chi connectivity index (χ1v) is 11.1. The molecule has 0 bridgehead atoms. The monoisotopic (exact) mass is 460 g/mol. The van der Waals surface area contributed by atoms with Crippen LogP contribution >= 0.6 is 11.6 Å². The molecule has 0 radical (unpaired) electrons. The Kier molecular flexibility index (Phi) is 5.52. The van der Waals surface area contributed by atoms with E-state index < -0.39 is 0 Å². The predicted octanol–water partition coefficient (Wildman–Crippen LogP) is 4.46. The fraction of sp³-hybridized carbons (Fsp3) is 0.304. The summed E-state index contributed by atoms with van der Waals surface area (Å²) >= 11 is 6.45. The number of benzene rings is 1. The number of aromatic nitrogens is 6. The predicted molar refractivity (Wildman–Crippen MR) is 124 cm³/mol. The Morgan fingerprint density at radius 1 is 1.30 bits per heavy atom. The molecular formula is C23H21ClN8O. The largest absolute Gasteiger partial charge is 0.308 e. The van der Waals surface area contributed by atoms with E-state index in [1.165, 1.54) is 0 Å². The first-order valence-electron chi connectivity index (χ1n) is 10.8. The van der Waals surface area contributed by atoms with Gasteiger partial charge in [-0.25, -0.2) is 9.97 Å². The van der Waals surface area contributed by atoms with Crippen LogP contribution in [0.2, 0.25) is 5.02 Å². The van der Waals surface area contributed by atoms with Crippen molar-refractivity contribution in [3.05, 3.63) is 41.3 Å². The molecule has 33 heavy (non-hydrogen) atoms. The zero-order valence-electron chi connectivity index (χ0n) is 18.0. The molecule has 2 N–H and O–H groups in total. The van der Waals surface area contributed by atoms with Gasteiger partial charge in [-0.2, -0.15) is 15.5 Å². The Morgan fingerprint density at radius 2 is 2.12 bits per heavy atom. The number of rotatable bonds is 5. The number of hydrogen-bond donors (Lipinski definition) is 2. The molecule has 1 amide bonds. The van der Waals surface area contributed by atoms with Crippen LogP contribution in [0.3, 0.4) is 0 Å². The third-order valence-corrected chi connectivity index (χ3v) is 6.24. The fourth-order valence-electron chi connectivity index (χ4n) is 4.33. The van der Waals surface area contributed by atoms with Crippen molar-refractivity contribution in [1.29, 1.82) is 5.26 Å². The molecule has 10 heteroatoms. The molecule has 0 aliphatic heterocycles. The Morgan fingerprint density at radius 3 is 2.85 bits per heavy atom. The average Bonchev–Trinajstić information content (AvgIpc) is 3.55. The van der Waals surface area contributed by atoms with E-state index in [2.05, 4.69) is 36.7 Å². The van der Waals surface area contributed by atoms with Crippen LogP contribution in [0, 0.1) is 17.2 Å². The maximum absolute atomic E-state index is 12.7. The van der Waals surface area contributed by atoms with Gasteiger partial charge in [0.05, 0.1) is 16.7 Å². The molecule has 0 spiro atoms. The SMILES string of the molecule is Cn1ccc(-c2nc(NC(=O)CC3CCCC3)c(C#N)nc2-c2cc(Cl)c3[nH]ncc3c2)n1. The summed E-state index contributed by atoms with van der Waals surface area (Å²) in [5, 5.41) is 25.2. The molecule has 1 aromatic carbocycles. The number of nitrogens with one attached hydrogen (secondary N) is 2. The normalized spacial score (nSPS) is 14.0. The molecule has 5 rings (SSSR count). The number of hydrogen-bond acceptors (Lipinski definition) is 6. The highest BCUT2D eigenvalue weighted by atomic mass is 35.5. The zero-order chi connectivity index (χ0) is 22.9. The quantitative estimate of drug-likeness (QED) is 0.452. The number of aromatic amines is 1. The van der Waals surface area contributed by atoms with E-state index in [0.717, 1.165) is 31.1 Å². The van der Waals surface area contributed by atoms with Gasteiger partial charge in [0.25, 0.3) is 0 Å². The summed E-state index contributed by atoms with van der Waals surface area (Å²) in [5.41, 5.74) is 2.88. The van der Waals surface area contributed by atoms with Gasteiger partial charge < -0.3 is 5.32 Å². The van der Waals surface area contributed by atoms with Crippen LogP contribution in [-0.2, 0) is 11.8 Å². The van der Waals surface area contributed by atoms with Crippen LogP contribution in [0.4, 0.5) is 5.82 Å². The molecule has 1 aliphatic carbocycles. The lowest BCUT2D eigenvalue weighted by molar-refractivity contribution is -0.117. The topological polar surface area (TPSA) is 125 Å². The minimum Gasteiger partial charge on any atom is -0.308 e. The number of nitriles is 1. The first-order chi connectivity index (χ1) is 16.0. The van der Waals surface area contributed by atoms with E-state index in [1.54, 1.807) is 30.2 Å². The van der Waals surface area contributed by atoms with Crippen molar-refractivity contribution in [3.63, 3.8) is 0 Å². The van der Waals surface area contributed by atoms with E-state index in [0.29, 0.717) is 45.5 Å². The van der Waals surface area contributed by atoms with E-state index >= 15 is 0 Å². The van der Waals surface area contributed by atoms with E-state index in [1.807, 2.05) is 12.1 Å². The number of H-pyrrole nitrogens is 1. The van der Waals surface area contributed by atoms with Crippen LogP contribution in [0.15, 0.2) is 30.6 Å². The van der Waals surface area contributed by atoms with Crippen molar-refractivity contribution in [1.82, 2.24) is 29.9 Å². The second-order valence-electron chi connectivity index (χ2n) is 8.30. The second kappa shape index (κ2) is 8.64. The third-order valence-electron chi connectivity index (χ3n) is 5.94. The van der Waals surface area contributed by atoms with Gasteiger partial charge >= 0.3 is 0 Å². The maximum atomic E-state index is 12.7. The summed E-state index contributed by atoms with van der Waals surface area (Å²) < 4.78 is 1.66. The highest BCUT2D eigenvalue weighted by Crippen LogP contribution is 2.35. The molecule has 1 saturated carbocycles. The lowest BCUT2D eigenvalue weighted by atomic mass is 10.0. The standard InChI is InChI=1S/C23H21ClN8O/c1-32-7-6-17(31-32)22-21(14-9-15-12-26-30-20(15)16(24)10-14)27-18(11-25)23(29-22)28-19(33)8-13-4-2-3-5-13/h6-7,9-10,12-13H,2-5,8H2,1H3,(H,26,30)(H,28,29,33). The van der Waals surface area contributed by atoms with E-state index in [4.69, 9.17) is 11.6 Å². The minimum absolute atomic E-state index is 0.0351. The molecule has 0 saturated heterocycles. The Bertz CT molecular complexity index is 1390. The lowest BCUT2D eigenvalue weighted by Crippen LogP contribution is -2.18.